The number of carbonyl (C=O) groups is 1. The summed E-state index contributed by atoms with van der Waals surface area (Å²) >= 11 is 0. The zero-order chi connectivity index (χ0) is 15.9. The molecule has 0 aliphatic carbocycles. The van der Waals surface area contributed by atoms with Gasteiger partial charge in [0.15, 0.2) is 0 Å². The third-order valence-corrected chi connectivity index (χ3v) is 4.40. The Morgan fingerprint density at radius 1 is 1.18 bits per heavy atom. The van der Waals surface area contributed by atoms with Crippen molar-refractivity contribution in [3.05, 3.63) is 29.8 Å². The van der Waals surface area contributed by atoms with Gasteiger partial charge in [0.1, 0.15) is 5.75 Å². The van der Waals surface area contributed by atoms with Gasteiger partial charge in [-0.2, -0.15) is 0 Å². The first-order valence-electron chi connectivity index (χ1n) is 7.69. The van der Waals surface area contributed by atoms with E-state index in [2.05, 4.69) is 0 Å². The summed E-state index contributed by atoms with van der Waals surface area (Å²) in [6.45, 7) is 7.78. The highest BCUT2D eigenvalue weighted by Crippen LogP contribution is 2.28. The van der Waals surface area contributed by atoms with Gasteiger partial charge in [-0.25, -0.2) is 0 Å². The average Bonchev–Trinajstić information content (AvgIpc) is 2.55. The first-order chi connectivity index (χ1) is 10.1. The van der Waals surface area contributed by atoms with Crippen molar-refractivity contribution in [3.8, 4) is 5.75 Å². The van der Waals surface area contributed by atoms with Crippen LogP contribution in [-0.4, -0.2) is 31.0 Å². The number of nitrogens with two attached hydrogens (primary N) is 1. The molecule has 0 aliphatic rings. The number of ether oxygens (including phenoxy) is 1. The van der Waals surface area contributed by atoms with E-state index in [-0.39, 0.29) is 18.3 Å². The van der Waals surface area contributed by atoms with E-state index in [1.807, 2.05) is 49.9 Å². The highest BCUT2D eigenvalue weighted by molar-refractivity contribution is 5.85. The molecule has 0 saturated heterocycles. The minimum atomic E-state index is -0.428. The molecule has 22 heavy (non-hydrogen) atoms. The number of rotatable bonds is 8. The Morgan fingerprint density at radius 2 is 1.73 bits per heavy atom. The first-order valence-corrected chi connectivity index (χ1v) is 7.69. The van der Waals surface area contributed by atoms with Crippen LogP contribution in [0.15, 0.2) is 24.3 Å². The topological polar surface area (TPSA) is 55.6 Å². The lowest BCUT2D eigenvalue weighted by atomic mass is 9.81. The molecule has 4 nitrogen and oxygen atoms in total. The van der Waals surface area contributed by atoms with Gasteiger partial charge in [-0.15, -0.1) is 12.4 Å². The van der Waals surface area contributed by atoms with E-state index in [0.717, 1.165) is 24.2 Å². The molecule has 1 amide bonds. The van der Waals surface area contributed by atoms with Crippen LogP contribution in [0.3, 0.4) is 0 Å². The van der Waals surface area contributed by atoms with E-state index in [9.17, 15) is 4.79 Å². The molecule has 0 aromatic heterocycles. The molecule has 1 aromatic rings. The van der Waals surface area contributed by atoms with Gasteiger partial charge in [0.25, 0.3) is 0 Å². The fourth-order valence-electron chi connectivity index (χ4n) is 2.54. The molecule has 0 radical (unpaired) electrons. The van der Waals surface area contributed by atoms with Crippen LogP contribution in [0.4, 0.5) is 0 Å². The predicted octanol–water partition coefficient (Wildman–Crippen LogP) is 3.23. The van der Waals surface area contributed by atoms with E-state index in [0.29, 0.717) is 19.6 Å². The molecule has 0 heterocycles. The molecule has 0 saturated carbocycles. The van der Waals surface area contributed by atoms with E-state index in [1.54, 1.807) is 7.11 Å². The third-order valence-electron chi connectivity index (χ3n) is 4.40. The van der Waals surface area contributed by atoms with Crippen LogP contribution in [0, 0.1) is 5.41 Å². The molecule has 0 unspecified atom stereocenters. The minimum Gasteiger partial charge on any atom is -0.497 e. The van der Waals surface area contributed by atoms with Crippen molar-refractivity contribution in [2.75, 3.05) is 20.2 Å². The highest BCUT2D eigenvalue weighted by Gasteiger charge is 2.36. The summed E-state index contributed by atoms with van der Waals surface area (Å²) in [6, 6.07) is 7.83. The van der Waals surface area contributed by atoms with Crippen LogP contribution in [-0.2, 0) is 11.3 Å². The number of benzene rings is 1. The van der Waals surface area contributed by atoms with Gasteiger partial charge in [0.05, 0.1) is 12.5 Å². The summed E-state index contributed by atoms with van der Waals surface area (Å²) in [5, 5.41) is 0. The van der Waals surface area contributed by atoms with Crippen molar-refractivity contribution in [3.63, 3.8) is 0 Å². The number of hydrogen-bond donors (Lipinski definition) is 1. The maximum Gasteiger partial charge on any atom is 0.230 e. The third kappa shape index (κ3) is 4.62. The molecule has 0 atom stereocenters. The van der Waals surface area contributed by atoms with E-state index >= 15 is 0 Å². The lowest BCUT2D eigenvalue weighted by Gasteiger charge is -2.34. The van der Waals surface area contributed by atoms with Crippen molar-refractivity contribution < 1.29 is 9.53 Å². The van der Waals surface area contributed by atoms with Gasteiger partial charge in [-0.05, 0) is 37.5 Å². The summed E-state index contributed by atoms with van der Waals surface area (Å²) in [7, 11) is 1.65. The standard InChI is InChI=1S/C17H28N2O2.ClH/c1-5-17(6-2,13-18)16(20)19(7-3)12-14-8-10-15(21-4)11-9-14;/h8-11H,5-7,12-13,18H2,1-4H3;1H. The number of nitrogens with zero attached hydrogens (tertiary/aromatic N) is 1. The maximum atomic E-state index is 12.8. The normalized spacial score (nSPS) is 10.8. The average molecular weight is 329 g/mol. The molecule has 1 rings (SSSR count). The summed E-state index contributed by atoms with van der Waals surface area (Å²) in [4.78, 5) is 14.7. The van der Waals surface area contributed by atoms with E-state index in [4.69, 9.17) is 10.5 Å². The van der Waals surface area contributed by atoms with Crippen molar-refractivity contribution in [1.82, 2.24) is 4.90 Å². The first kappa shape index (κ1) is 20.7. The molecule has 2 N–H and O–H groups in total. The SMILES string of the molecule is CCN(Cc1ccc(OC)cc1)C(=O)C(CC)(CC)CN.Cl. The molecular formula is C17H29ClN2O2. The summed E-state index contributed by atoms with van der Waals surface area (Å²) in [5.74, 6) is 0.986. The summed E-state index contributed by atoms with van der Waals surface area (Å²) in [5.41, 5.74) is 6.56. The Labute approximate surface area is 140 Å². The Kier molecular flexibility index (Phi) is 9.14. The van der Waals surface area contributed by atoms with E-state index < -0.39 is 5.41 Å². The van der Waals surface area contributed by atoms with E-state index in [1.165, 1.54) is 0 Å². The van der Waals surface area contributed by atoms with Crippen molar-refractivity contribution in [2.24, 2.45) is 11.1 Å². The van der Waals surface area contributed by atoms with Gasteiger partial charge in [-0.3, -0.25) is 4.79 Å². The molecular weight excluding hydrogens is 300 g/mol. The molecule has 0 bridgehead atoms. The van der Waals surface area contributed by atoms with Crippen molar-refractivity contribution >= 4 is 18.3 Å². The van der Waals surface area contributed by atoms with Crippen molar-refractivity contribution in [1.29, 1.82) is 0 Å². The number of carbonyl (C=O) groups excluding carboxylic acids is 1. The van der Waals surface area contributed by atoms with Crippen LogP contribution in [0.5, 0.6) is 5.75 Å². The molecule has 5 heteroatoms. The van der Waals surface area contributed by atoms with Gasteiger partial charge >= 0.3 is 0 Å². The van der Waals surface area contributed by atoms with Crippen LogP contribution >= 0.6 is 12.4 Å². The second-order valence-electron chi connectivity index (χ2n) is 5.36. The zero-order valence-electron chi connectivity index (χ0n) is 14.1. The molecule has 1 aromatic carbocycles. The lowest BCUT2D eigenvalue weighted by molar-refractivity contribution is -0.142. The van der Waals surface area contributed by atoms with Gasteiger partial charge in [-0.1, -0.05) is 26.0 Å². The number of halogens is 1. The van der Waals surface area contributed by atoms with Crippen LogP contribution in [0.1, 0.15) is 39.2 Å². The fourth-order valence-corrected chi connectivity index (χ4v) is 2.54. The zero-order valence-corrected chi connectivity index (χ0v) is 14.9. The Balaban J connectivity index is 0.00000441. The Bertz CT molecular complexity index is 436. The molecule has 0 aliphatic heterocycles. The summed E-state index contributed by atoms with van der Waals surface area (Å²) in [6.07, 6.45) is 1.55. The number of amides is 1. The highest BCUT2D eigenvalue weighted by atomic mass is 35.5. The van der Waals surface area contributed by atoms with Gasteiger partial charge in [0, 0.05) is 19.6 Å². The molecule has 0 fully saturated rings. The van der Waals surface area contributed by atoms with Gasteiger partial charge in [0.2, 0.25) is 5.91 Å². The van der Waals surface area contributed by atoms with Gasteiger partial charge < -0.3 is 15.4 Å². The van der Waals surface area contributed by atoms with Crippen LogP contribution < -0.4 is 10.5 Å². The quantitative estimate of drug-likeness (QED) is 0.797. The number of methoxy groups -OCH3 is 1. The smallest absolute Gasteiger partial charge is 0.230 e. The monoisotopic (exact) mass is 328 g/mol. The summed E-state index contributed by atoms with van der Waals surface area (Å²) < 4.78 is 5.16. The maximum absolute atomic E-state index is 12.8. The largest absolute Gasteiger partial charge is 0.497 e. The predicted molar refractivity (Wildman–Crippen MR) is 93.4 cm³/mol. The van der Waals surface area contributed by atoms with Crippen molar-refractivity contribution in [2.45, 2.75) is 40.2 Å². The van der Waals surface area contributed by atoms with Crippen LogP contribution in [0.2, 0.25) is 0 Å². The number of hydrogen-bond acceptors (Lipinski definition) is 3. The minimum absolute atomic E-state index is 0. The van der Waals surface area contributed by atoms with Crippen LogP contribution in [0.25, 0.3) is 0 Å². The Morgan fingerprint density at radius 3 is 2.09 bits per heavy atom. The second-order valence-corrected chi connectivity index (χ2v) is 5.36. The second kappa shape index (κ2) is 9.70. The molecule has 0 spiro atoms. The lowest BCUT2D eigenvalue weighted by Crippen LogP contribution is -2.47. The fraction of sp³-hybridized carbons (Fsp3) is 0.588. The Hall–Kier alpha value is -1.26. The molecule has 126 valence electrons.